The van der Waals surface area contributed by atoms with E-state index in [0.717, 1.165) is 52.4 Å². The van der Waals surface area contributed by atoms with Crippen molar-refractivity contribution in [3.05, 3.63) is 83.0 Å². The van der Waals surface area contributed by atoms with Crippen molar-refractivity contribution >= 4 is 28.6 Å². The molecule has 10 heteroatoms. The van der Waals surface area contributed by atoms with E-state index < -0.39 is 5.54 Å². The maximum atomic E-state index is 16.2. The molecule has 43 heavy (non-hydrogen) atoms. The number of hydrogen-bond donors (Lipinski definition) is 1. The first-order chi connectivity index (χ1) is 20.8. The molecule has 4 heterocycles. The molecule has 1 saturated heterocycles. The van der Waals surface area contributed by atoms with E-state index in [1.54, 1.807) is 19.1 Å². The predicted molar refractivity (Wildman–Crippen MR) is 166 cm³/mol. The van der Waals surface area contributed by atoms with Crippen LogP contribution in [0.5, 0.6) is 0 Å². The van der Waals surface area contributed by atoms with Gasteiger partial charge in [-0.1, -0.05) is 13.0 Å². The van der Waals surface area contributed by atoms with Gasteiger partial charge >= 0.3 is 0 Å². The highest BCUT2D eigenvalue weighted by Crippen LogP contribution is 2.38. The number of aryl methyl sites for hydroxylation is 1. The third kappa shape index (κ3) is 4.88. The number of aromatic nitrogens is 3. The van der Waals surface area contributed by atoms with Crippen LogP contribution in [0, 0.1) is 18.6 Å². The summed E-state index contributed by atoms with van der Waals surface area (Å²) in [6.45, 7) is 6.46. The zero-order chi connectivity index (χ0) is 29.9. The Morgan fingerprint density at radius 2 is 1.70 bits per heavy atom. The molecule has 1 amide bonds. The smallest absolute Gasteiger partial charge is 0.242 e. The Labute approximate surface area is 252 Å². The van der Waals surface area contributed by atoms with Gasteiger partial charge in [0.2, 0.25) is 5.91 Å². The van der Waals surface area contributed by atoms with Crippen molar-refractivity contribution in [3.63, 3.8) is 0 Å². The molecule has 0 atom stereocenters. The minimum atomic E-state index is -0.647. The normalized spacial score (nSPS) is 16.2. The first kappa shape index (κ1) is 27.7. The molecule has 1 saturated carbocycles. The number of fused-ring (bicyclic) bond motifs is 1. The van der Waals surface area contributed by atoms with Gasteiger partial charge in [-0.05, 0) is 74.2 Å². The van der Waals surface area contributed by atoms with Gasteiger partial charge in [0.25, 0.3) is 0 Å². The number of hydrogen-bond acceptors (Lipinski definition) is 6. The number of amides is 1. The summed E-state index contributed by atoms with van der Waals surface area (Å²) in [6.07, 6.45) is 4.22. The largest absolute Gasteiger partial charge is 0.367 e. The van der Waals surface area contributed by atoms with Crippen molar-refractivity contribution in [1.82, 2.24) is 19.3 Å². The molecule has 3 aromatic heterocycles. The van der Waals surface area contributed by atoms with E-state index in [1.165, 1.54) is 23.5 Å². The Hall–Kier alpha value is -4.15. The van der Waals surface area contributed by atoms with Crippen LogP contribution in [0.15, 0.2) is 60.1 Å². The van der Waals surface area contributed by atoms with Crippen LogP contribution in [0.1, 0.15) is 31.0 Å². The van der Waals surface area contributed by atoms with Crippen LogP contribution in [-0.2, 0) is 11.2 Å². The Kier molecular flexibility index (Phi) is 6.78. The van der Waals surface area contributed by atoms with E-state index in [4.69, 9.17) is 15.7 Å². The van der Waals surface area contributed by atoms with Gasteiger partial charge in [0.1, 0.15) is 22.3 Å². The molecule has 7 rings (SSSR count). The SMILES string of the molecule is CCc1nc2ccc(N3CCN(C(=O)C4(N)CC4)CC3)cn2c1-c1ccc(-c2nc(-c3ccc(F)cc3)cs2)c(C)c1F. The molecule has 2 aromatic carbocycles. The number of anilines is 1. The van der Waals surface area contributed by atoms with Crippen LogP contribution in [0.25, 0.3) is 38.7 Å². The molecule has 0 unspecified atom stereocenters. The third-order valence-corrected chi connectivity index (χ3v) is 9.55. The summed E-state index contributed by atoms with van der Waals surface area (Å²) in [5, 5.41) is 2.61. The number of benzene rings is 2. The zero-order valence-corrected chi connectivity index (χ0v) is 24.9. The van der Waals surface area contributed by atoms with Gasteiger partial charge in [-0.25, -0.2) is 18.7 Å². The maximum Gasteiger partial charge on any atom is 0.242 e. The van der Waals surface area contributed by atoms with E-state index in [2.05, 4.69) is 4.90 Å². The number of carbonyl (C=O) groups is 1. The molecule has 5 aromatic rings. The number of carbonyl (C=O) groups excluding carboxylic acids is 1. The summed E-state index contributed by atoms with van der Waals surface area (Å²) >= 11 is 1.44. The van der Waals surface area contributed by atoms with Gasteiger partial charge < -0.3 is 15.5 Å². The second-order valence-electron chi connectivity index (χ2n) is 11.5. The van der Waals surface area contributed by atoms with Crippen molar-refractivity contribution in [2.45, 2.75) is 38.6 Å². The van der Waals surface area contributed by atoms with Crippen LogP contribution in [-0.4, -0.2) is 56.9 Å². The van der Waals surface area contributed by atoms with Crippen molar-refractivity contribution in [2.75, 3.05) is 31.1 Å². The summed E-state index contributed by atoms with van der Waals surface area (Å²) in [4.78, 5) is 26.4. The molecule has 7 nitrogen and oxygen atoms in total. The fourth-order valence-corrected chi connectivity index (χ4v) is 6.79. The lowest BCUT2D eigenvalue weighted by Gasteiger charge is -2.37. The number of nitrogens with zero attached hydrogens (tertiary/aromatic N) is 5. The first-order valence-electron chi connectivity index (χ1n) is 14.6. The monoisotopic (exact) mass is 598 g/mol. The van der Waals surface area contributed by atoms with Crippen LogP contribution < -0.4 is 10.6 Å². The molecule has 0 radical (unpaired) electrons. The van der Waals surface area contributed by atoms with Gasteiger partial charge in [-0.15, -0.1) is 11.3 Å². The maximum absolute atomic E-state index is 16.2. The number of piperazine rings is 1. The molecule has 0 spiro atoms. The zero-order valence-electron chi connectivity index (χ0n) is 24.1. The van der Waals surface area contributed by atoms with Crippen LogP contribution in [0.2, 0.25) is 0 Å². The number of halogens is 2. The summed E-state index contributed by atoms with van der Waals surface area (Å²) in [6, 6.07) is 14.0. The summed E-state index contributed by atoms with van der Waals surface area (Å²) in [5.74, 6) is -0.543. The Bertz CT molecular complexity index is 1850. The number of rotatable bonds is 6. The van der Waals surface area contributed by atoms with Gasteiger partial charge in [-0.3, -0.25) is 9.20 Å². The minimum absolute atomic E-state index is 0.0609. The average Bonchev–Trinajstić information content (AvgIpc) is 3.43. The molecule has 0 bridgehead atoms. The van der Waals surface area contributed by atoms with E-state index in [9.17, 15) is 9.18 Å². The van der Waals surface area contributed by atoms with Crippen LogP contribution in [0.3, 0.4) is 0 Å². The molecule has 2 fully saturated rings. The Balaban J connectivity index is 1.20. The topological polar surface area (TPSA) is 79.8 Å². The lowest BCUT2D eigenvalue weighted by molar-refractivity contribution is -0.133. The molecule has 1 aliphatic carbocycles. The summed E-state index contributed by atoms with van der Waals surface area (Å²) in [7, 11) is 0. The Morgan fingerprint density at radius 3 is 2.40 bits per heavy atom. The number of pyridine rings is 1. The van der Waals surface area contributed by atoms with Crippen molar-refractivity contribution in [1.29, 1.82) is 0 Å². The molecular formula is C33H32F2N6OS. The van der Waals surface area contributed by atoms with E-state index in [-0.39, 0.29) is 17.5 Å². The van der Waals surface area contributed by atoms with Crippen LogP contribution >= 0.6 is 11.3 Å². The third-order valence-electron chi connectivity index (χ3n) is 8.67. The second kappa shape index (κ2) is 10.5. The van der Waals surface area contributed by atoms with Crippen molar-refractivity contribution in [2.24, 2.45) is 5.73 Å². The van der Waals surface area contributed by atoms with E-state index >= 15 is 4.39 Å². The van der Waals surface area contributed by atoms with E-state index in [0.29, 0.717) is 48.7 Å². The highest BCUT2D eigenvalue weighted by molar-refractivity contribution is 7.13. The van der Waals surface area contributed by atoms with Gasteiger partial charge in [0.15, 0.2) is 0 Å². The first-order valence-corrected chi connectivity index (χ1v) is 15.5. The highest BCUT2D eigenvalue weighted by Gasteiger charge is 2.48. The Morgan fingerprint density at radius 1 is 0.977 bits per heavy atom. The molecule has 220 valence electrons. The lowest BCUT2D eigenvalue weighted by atomic mass is 10.0. The average molecular weight is 599 g/mol. The van der Waals surface area contributed by atoms with Crippen molar-refractivity contribution in [3.8, 4) is 33.1 Å². The highest BCUT2D eigenvalue weighted by atomic mass is 32.1. The predicted octanol–water partition coefficient (Wildman–Crippen LogP) is 6.08. The fraction of sp³-hybridized carbons (Fsp3) is 0.303. The molecule has 2 aliphatic rings. The van der Waals surface area contributed by atoms with Crippen molar-refractivity contribution < 1.29 is 13.6 Å². The van der Waals surface area contributed by atoms with Gasteiger partial charge in [-0.2, -0.15) is 0 Å². The number of imidazole rings is 1. The molecule has 2 N–H and O–H groups in total. The lowest BCUT2D eigenvalue weighted by Crippen LogP contribution is -2.54. The van der Waals surface area contributed by atoms with E-state index in [1.807, 2.05) is 52.1 Å². The molecule has 1 aliphatic heterocycles. The van der Waals surface area contributed by atoms with Gasteiger partial charge in [0, 0.05) is 54.4 Å². The molecular weight excluding hydrogens is 566 g/mol. The van der Waals surface area contributed by atoms with Crippen LogP contribution in [0.4, 0.5) is 14.5 Å². The quantitative estimate of drug-likeness (QED) is 0.256. The van der Waals surface area contributed by atoms with Gasteiger partial charge in [0.05, 0.1) is 28.3 Å². The minimum Gasteiger partial charge on any atom is -0.367 e. The fourth-order valence-electron chi connectivity index (χ4n) is 5.88. The number of thiazole rings is 1. The standard InChI is InChI=1S/C33H32F2N6OS/c1-3-26-30(25-10-9-24(20(2)29(25)35)31-38-27(19-43-31)21-4-6-22(34)7-5-21)41-18-23(8-11-28(41)37-26)39-14-16-40(17-15-39)32(42)33(36)12-13-33/h4-11,18-19H,3,12-17,36H2,1-2H3. The summed E-state index contributed by atoms with van der Waals surface area (Å²) < 4.78 is 31.6. The second-order valence-corrected chi connectivity index (χ2v) is 12.3. The number of nitrogens with two attached hydrogens (primary N) is 1. The summed E-state index contributed by atoms with van der Waals surface area (Å²) in [5.41, 5.74) is 12.1.